The third-order valence-corrected chi connectivity index (χ3v) is 2.92. The van der Waals surface area contributed by atoms with E-state index in [1.807, 2.05) is 48.7 Å². The van der Waals surface area contributed by atoms with Gasteiger partial charge >= 0.3 is 0 Å². The number of fused-ring (bicyclic) bond motifs is 1. The second kappa shape index (κ2) is 4.94. The lowest BCUT2D eigenvalue weighted by Gasteiger charge is -2.07. The van der Waals surface area contributed by atoms with Gasteiger partial charge in [0.1, 0.15) is 0 Å². The van der Waals surface area contributed by atoms with Crippen LogP contribution in [0.25, 0.3) is 10.9 Å². The van der Waals surface area contributed by atoms with Crippen molar-refractivity contribution in [3.63, 3.8) is 0 Å². The zero-order chi connectivity index (χ0) is 13.1. The second-order valence-corrected chi connectivity index (χ2v) is 4.30. The van der Waals surface area contributed by atoms with E-state index in [0.29, 0.717) is 6.42 Å². The highest BCUT2D eigenvalue weighted by atomic mass is 16.1. The van der Waals surface area contributed by atoms with Crippen molar-refractivity contribution in [2.75, 3.05) is 5.32 Å². The Kier molecular flexibility index (Phi) is 2.98. The summed E-state index contributed by atoms with van der Waals surface area (Å²) >= 11 is 0. The smallest absolute Gasteiger partial charge is 0.230 e. The summed E-state index contributed by atoms with van der Waals surface area (Å²) in [7, 11) is 0. The van der Waals surface area contributed by atoms with Gasteiger partial charge in [-0.05, 0) is 24.3 Å². The maximum Gasteiger partial charge on any atom is 0.230 e. The monoisotopic (exact) mass is 251 g/mol. The van der Waals surface area contributed by atoms with E-state index in [-0.39, 0.29) is 5.91 Å². The van der Waals surface area contributed by atoms with Gasteiger partial charge in [-0.1, -0.05) is 18.2 Å². The van der Waals surface area contributed by atoms with Crippen molar-refractivity contribution in [2.45, 2.75) is 6.42 Å². The largest absolute Gasteiger partial charge is 0.365 e. The zero-order valence-corrected chi connectivity index (χ0v) is 10.3. The second-order valence-electron chi connectivity index (χ2n) is 4.30. The van der Waals surface area contributed by atoms with Crippen LogP contribution in [-0.4, -0.2) is 15.9 Å². The van der Waals surface area contributed by atoms with Gasteiger partial charge in [-0.15, -0.1) is 0 Å². The summed E-state index contributed by atoms with van der Waals surface area (Å²) in [5.74, 6) is -0.0550. The molecule has 94 valence electrons. The minimum atomic E-state index is -0.0550. The molecular formula is C15H13N3O. The topological polar surface area (TPSA) is 57.8 Å². The van der Waals surface area contributed by atoms with Crippen LogP contribution < -0.4 is 5.32 Å². The molecule has 0 aliphatic carbocycles. The normalized spacial score (nSPS) is 10.5. The van der Waals surface area contributed by atoms with Crippen LogP contribution in [0.5, 0.6) is 0 Å². The molecule has 1 aromatic carbocycles. The van der Waals surface area contributed by atoms with Crippen molar-refractivity contribution in [1.82, 2.24) is 9.97 Å². The van der Waals surface area contributed by atoms with Crippen LogP contribution in [0.15, 0.2) is 54.9 Å². The molecule has 0 aliphatic heterocycles. The van der Waals surface area contributed by atoms with Gasteiger partial charge in [-0.2, -0.15) is 0 Å². The SMILES string of the molecule is O=C(Cc1ccc[nH]1)Nc1cccc2cccnc12. The van der Waals surface area contributed by atoms with Crippen molar-refractivity contribution < 1.29 is 4.79 Å². The lowest BCUT2D eigenvalue weighted by molar-refractivity contribution is -0.115. The van der Waals surface area contributed by atoms with Crippen molar-refractivity contribution in [1.29, 1.82) is 0 Å². The van der Waals surface area contributed by atoms with Gasteiger partial charge in [0, 0.05) is 23.5 Å². The van der Waals surface area contributed by atoms with Gasteiger partial charge in [-0.25, -0.2) is 0 Å². The molecule has 3 rings (SSSR count). The molecule has 2 aromatic heterocycles. The summed E-state index contributed by atoms with van der Waals surface area (Å²) in [6.45, 7) is 0. The van der Waals surface area contributed by atoms with E-state index >= 15 is 0 Å². The third-order valence-electron chi connectivity index (χ3n) is 2.92. The number of hydrogen-bond acceptors (Lipinski definition) is 2. The summed E-state index contributed by atoms with van der Waals surface area (Å²) in [6, 6.07) is 13.4. The summed E-state index contributed by atoms with van der Waals surface area (Å²) in [5.41, 5.74) is 2.45. The van der Waals surface area contributed by atoms with E-state index in [9.17, 15) is 4.79 Å². The van der Waals surface area contributed by atoms with E-state index in [4.69, 9.17) is 0 Å². The first-order valence-corrected chi connectivity index (χ1v) is 6.09. The Bertz CT molecular complexity index is 699. The van der Waals surface area contributed by atoms with Gasteiger partial charge < -0.3 is 10.3 Å². The molecule has 2 heterocycles. The van der Waals surface area contributed by atoms with Gasteiger partial charge in [0.05, 0.1) is 17.6 Å². The minimum absolute atomic E-state index is 0.0550. The Labute approximate surface area is 110 Å². The van der Waals surface area contributed by atoms with Crippen molar-refractivity contribution in [3.05, 3.63) is 60.6 Å². The number of nitrogens with zero attached hydrogens (tertiary/aromatic N) is 1. The number of amides is 1. The first-order chi connectivity index (χ1) is 9.33. The number of aromatic nitrogens is 2. The number of benzene rings is 1. The van der Waals surface area contributed by atoms with Gasteiger partial charge in [0.2, 0.25) is 5.91 Å². The van der Waals surface area contributed by atoms with Crippen LogP contribution >= 0.6 is 0 Å². The fourth-order valence-electron chi connectivity index (χ4n) is 2.05. The van der Waals surface area contributed by atoms with Crippen LogP contribution in [0.3, 0.4) is 0 Å². The van der Waals surface area contributed by atoms with Crippen LogP contribution in [0.2, 0.25) is 0 Å². The zero-order valence-electron chi connectivity index (χ0n) is 10.3. The maximum atomic E-state index is 12.0. The number of nitrogens with one attached hydrogen (secondary N) is 2. The average molecular weight is 251 g/mol. The summed E-state index contributed by atoms with van der Waals surface area (Å²) in [5, 5.41) is 3.92. The average Bonchev–Trinajstić information content (AvgIpc) is 2.92. The van der Waals surface area contributed by atoms with Crippen LogP contribution in [-0.2, 0) is 11.2 Å². The summed E-state index contributed by atoms with van der Waals surface area (Å²) in [6.07, 6.45) is 3.86. The highest BCUT2D eigenvalue weighted by molar-refractivity contribution is 6.00. The molecular weight excluding hydrogens is 238 g/mol. The number of rotatable bonds is 3. The molecule has 4 nitrogen and oxygen atoms in total. The molecule has 3 aromatic rings. The molecule has 19 heavy (non-hydrogen) atoms. The van der Waals surface area contributed by atoms with E-state index < -0.39 is 0 Å². The van der Waals surface area contributed by atoms with Crippen LogP contribution in [0.1, 0.15) is 5.69 Å². The summed E-state index contributed by atoms with van der Waals surface area (Å²) in [4.78, 5) is 19.3. The van der Waals surface area contributed by atoms with Gasteiger partial charge in [0.15, 0.2) is 0 Å². The Morgan fingerprint density at radius 3 is 2.89 bits per heavy atom. The van der Waals surface area contributed by atoms with Crippen LogP contribution in [0.4, 0.5) is 5.69 Å². The highest BCUT2D eigenvalue weighted by Crippen LogP contribution is 2.20. The fraction of sp³-hybridized carbons (Fsp3) is 0.0667. The molecule has 0 atom stereocenters. The molecule has 0 unspecified atom stereocenters. The van der Waals surface area contributed by atoms with E-state index in [1.165, 1.54) is 0 Å². The van der Waals surface area contributed by atoms with Gasteiger partial charge in [0.25, 0.3) is 0 Å². The molecule has 0 saturated carbocycles. The standard InChI is InChI=1S/C15H13N3O/c19-14(10-12-6-3-8-16-12)18-13-7-1-4-11-5-2-9-17-15(11)13/h1-9,16H,10H2,(H,18,19). The number of aromatic amines is 1. The lowest BCUT2D eigenvalue weighted by atomic mass is 10.2. The quantitative estimate of drug-likeness (QED) is 0.752. The molecule has 4 heteroatoms. The molecule has 1 amide bonds. The minimum Gasteiger partial charge on any atom is -0.365 e. The van der Waals surface area contributed by atoms with E-state index in [0.717, 1.165) is 22.3 Å². The predicted octanol–water partition coefficient (Wildman–Crippen LogP) is 2.74. The molecule has 0 radical (unpaired) electrons. The van der Waals surface area contributed by atoms with E-state index in [2.05, 4.69) is 15.3 Å². The summed E-state index contributed by atoms with van der Waals surface area (Å²) < 4.78 is 0. The highest BCUT2D eigenvalue weighted by Gasteiger charge is 2.07. The first kappa shape index (κ1) is 11.5. The maximum absolute atomic E-state index is 12.0. The number of carbonyl (C=O) groups is 1. The first-order valence-electron chi connectivity index (χ1n) is 6.09. The van der Waals surface area contributed by atoms with Crippen LogP contribution in [0, 0.1) is 0 Å². The number of anilines is 1. The number of carbonyl (C=O) groups excluding carboxylic acids is 1. The lowest BCUT2D eigenvalue weighted by Crippen LogP contribution is -2.14. The van der Waals surface area contributed by atoms with Crippen molar-refractivity contribution in [3.8, 4) is 0 Å². The molecule has 0 bridgehead atoms. The molecule has 2 N–H and O–H groups in total. The Morgan fingerprint density at radius 1 is 1.16 bits per heavy atom. The Morgan fingerprint density at radius 2 is 2.05 bits per heavy atom. The Balaban J connectivity index is 1.83. The molecule has 0 spiro atoms. The molecule has 0 aliphatic rings. The Hall–Kier alpha value is -2.62. The fourth-order valence-corrected chi connectivity index (χ4v) is 2.05. The number of H-pyrrole nitrogens is 1. The molecule has 0 saturated heterocycles. The molecule has 0 fully saturated rings. The van der Waals surface area contributed by atoms with E-state index in [1.54, 1.807) is 6.20 Å². The number of para-hydroxylation sites is 1. The number of pyridine rings is 1. The van der Waals surface area contributed by atoms with Gasteiger partial charge in [-0.3, -0.25) is 9.78 Å². The predicted molar refractivity (Wildman–Crippen MR) is 74.9 cm³/mol. The van der Waals surface area contributed by atoms with Crippen molar-refractivity contribution in [2.24, 2.45) is 0 Å². The van der Waals surface area contributed by atoms with Crippen molar-refractivity contribution >= 4 is 22.5 Å². The third kappa shape index (κ3) is 2.47. The number of hydrogen-bond donors (Lipinski definition) is 2.